The quantitative estimate of drug-likeness (QED) is 0.752. The van der Waals surface area contributed by atoms with Crippen molar-refractivity contribution < 1.29 is 14.4 Å². The van der Waals surface area contributed by atoms with E-state index in [0.717, 1.165) is 18.5 Å². The number of para-hydroxylation sites is 2. The minimum Gasteiger partial charge on any atom is -0.336 e. The fourth-order valence-corrected chi connectivity index (χ4v) is 5.49. The Bertz CT molecular complexity index is 1090. The summed E-state index contributed by atoms with van der Waals surface area (Å²) in [6.07, 6.45) is 3.23. The lowest BCUT2D eigenvalue weighted by atomic mass is 9.89. The van der Waals surface area contributed by atoms with E-state index in [1.807, 2.05) is 24.3 Å². The third kappa shape index (κ3) is 4.00. The largest absolute Gasteiger partial charge is 0.336 e. The van der Waals surface area contributed by atoms with Crippen LogP contribution in [0.15, 0.2) is 48.5 Å². The summed E-state index contributed by atoms with van der Waals surface area (Å²) in [4.78, 5) is 45.1. The van der Waals surface area contributed by atoms with E-state index >= 15 is 0 Å². The van der Waals surface area contributed by atoms with Crippen molar-refractivity contribution in [2.75, 3.05) is 42.9 Å². The van der Waals surface area contributed by atoms with E-state index in [0.29, 0.717) is 55.3 Å². The predicted octanol–water partition coefficient (Wildman–Crippen LogP) is 3.40. The fraction of sp³-hybridized carbons (Fsp3) is 0.400. The van der Waals surface area contributed by atoms with Crippen molar-refractivity contribution in [3.05, 3.63) is 59.1 Å². The number of rotatable bonds is 3. The van der Waals surface area contributed by atoms with Gasteiger partial charge in [-0.2, -0.15) is 0 Å². The molecule has 2 aliphatic heterocycles. The number of hydrogen-bond acceptors (Lipinski definition) is 4. The Labute approximate surface area is 198 Å². The molecule has 0 unspecified atom stereocenters. The number of fused-ring (bicyclic) bond motifs is 1. The summed E-state index contributed by atoms with van der Waals surface area (Å²) in [5.41, 5.74) is 1.24. The number of piperazine rings is 1. The number of anilines is 2. The van der Waals surface area contributed by atoms with Crippen LogP contribution in [0.25, 0.3) is 0 Å². The van der Waals surface area contributed by atoms with E-state index in [4.69, 9.17) is 11.6 Å². The van der Waals surface area contributed by atoms with Crippen LogP contribution >= 0.6 is 11.6 Å². The van der Waals surface area contributed by atoms with Gasteiger partial charge in [-0.15, -0.1) is 0 Å². The first-order chi connectivity index (χ1) is 16.0. The first-order valence-electron chi connectivity index (χ1n) is 11.5. The number of carbonyl (C=O) groups excluding carboxylic acids is 3. The van der Waals surface area contributed by atoms with Gasteiger partial charge in [0.15, 0.2) is 0 Å². The fourth-order valence-electron chi connectivity index (χ4n) is 5.30. The Hall–Kier alpha value is -2.90. The molecule has 1 saturated heterocycles. The Morgan fingerprint density at radius 1 is 0.970 bits per heavy atom. The van der Waals surface area contributed by atoms with Crippen LogP contribution in [0.5, 0.6) is 0 Å². The lowest BCUT2D eigenvalue weighted by Gasteiger charge is -2.45. The van der Waals surface area contributed by atoms with Crippen molar-refractivity contribution >= 4 is 40.7 Å². The second-order valence-electron chi connectivity index (χ2n) is 9.02. The van der Waals surface area contributed by atoms with Gasteiger partial charge < -0.3 is 10.2 Å². The second kappa shape index (κ2) is 8.80. The van der Waals surface area contributed by atoms with Gasteiger partial charge in [-0.25, -0.2) is 0 Å². The molecule has 0 bridgehead atoms. The third-order valence-electron chi connectivity index (χ3n) is 7.01. The van der Waals surface area contributed by atoms with Gasteiger partial charge in [-0.05, 0) is 43.2 Å². The molecule has 1 N–H and O–H groups in total. The Morgan fingerprint density at radius 2 is 1.70 bits per heavy atom. The van der Waals surface area contributed by atoms with Crippen molar-refractivity contribution in [3.8, 4) is 0 Å². The van der Waals surface area contributed by atoms with Crippen molar-refractivity contribution in [1.29, 1.82) is 0 Å². The minimum atomic E-state index is -0.796. The van der Waals surface area contributed by atoms with Gasteiger partial charge >= 0.3 is 0 Å². The van der Waals surface area contributed by atoms with Crippen LogP contribution in [0, 0.1) is 0 Å². The molecule has 172 valence electrons. The molecule has 2 aromatic rings. The highest BCUT2D eigenvalue weighted by atomic mass is 35.5. The lowest BCUT2D eigenvalue weighted by molar-refractivity contribution is -0.128. The van der Waals surface area contributed by atoms with Crippen LogP contribution < -0.4 is 10.2 Å². The zero-order chi connectivity index (χ0) is 23.0. The average molecular weight is 467 g/mol. The van der Waals surface area contributed by atoms with Crippen LogP contribution in [0.4, 0.5) is 11.4 Å². The maximum absolute atomic E-state index is 13.6. The number of benzene rings is 2. The van der Waals surface area contributed by atoms with Crippen molar-refractivity contribution in [2.24, 2.45) is 0 Å². The molecule has 1 aliphatic carbocycles. The topological polar surface area (TPSA) is 73.0 Å². The van der Waals surface area contributed by atoms with Crippen molar-refractivity contribution in [3.63, 3.8) is 0 Å². The van der Waals surface area contributed by atoms with Crippen molar-refractivity contribution in [2.45, 2.75) is 31.2 Å². The van der Waals surface area contributed by atoms with Gasteiger partial charge in [0.1, 0.15) is 5.54 Å². The van der Waals surface area contributed by atoms with Crippen LogP contribution in [-0.4, -0.2) is 65.8 Å². The summed E-state index contributed by atoms with van der Waals surface area (Å²) in [6, 6.07) is 14.5. The summed E-state index contributed by atoms with van der Waals surface area (Å²) in [6.45, 7) is 2.52. The molecule has 0 aromatic heterocycles. The molecule has 3 amide bonds. The van der Waals surface area contributed by atoms with Crippen LogP contribution in [0.2, 0.25) is 5.02 Å². The number of halogens is 1. The van der Waals surface area contributed by atoms with E-state index in [9.17, 15) is 14.4 Å². The molecule has 8 heteroatoms. The molecule has 2 fully saturated rings. The Kier molecular flexibility index (Phi) is 5.85. The molecule has 1 saturated carbocycles. The Morgan fingerprint density at radius 3 is 2.42 bits per heavy atom. The van der Waals surface area contributed by atoms with Gasteiger partial charge in [0.2, 0.25) is 5.91 Å². The van der Waals surface area contributed by atoms with E-state index < -0.39 is 5.54 Å². The predicted molar refractivity (Wildman–Crippen MR) is 128 cm³/mol. The second-order valence-corrected chi connectivity index (χ2v) is 9.45. The van der Waals surface area contributed by atoms with E-state index in [1.165, 1.54) is 0 Å². The normalized spacial score (nSPS) is 20.0. The maximum atomic E-state index is 13.6. The monoisotopic (exact) mass is 466 g/mol. The first-order valence-corrected chi connectivity index (χ1v) is 11.9. The lowest BCUT2D eigenvalue weighted by Crippen LogP contribution is -2.62. The molecule has 5 rings (SSSR count). The maximum Gasteiger partial charge on any atom is 0.253 e. The number of amides is 3. The summed E-state index contributed by atoms with van der Waals surface area (Å²) in [7, 11) is 0. The number of nitrogens with zero attached hydrogens (tertiary/aromatic N) is 3. The molecule has 3 aliphatic rings. The summed E-state index contributed by atoms with van der Waals surface area (Å²) in [5, 5.41) is 3.56. The van der Waals surface area contributed by atoms with E-state index in [1.54, 1.807) is 34.1 Å². The molecular formula is C25H27ClN4O3. The SMILES string of the molecule is O=C(c1cccc(Cl)c1)N1CCN(CC(=O)N2c3ccccc3NC(=O)C23CCCC3)CC1. The number of hydrogen-bond donors (Lipinski definition) is 1. The number of carbonyl (C=O) groups is 3. The molecule has 2 aromatic carbocycles. The number of nitrogens with one attached hydrogen (secondary N) is 1. The van der Waals surface area contributed by atoms with Gasteiger partial charge in [0.05, 0.1) is 17.9 Å². The van der Waals surface area contributed by atoms with Crippen LogP contribution in [0.1, 0.15) is 36.0 Å². The molecule has 33 heavy (non-hydrogen) atoms. The summed E-state index contributed by atoms with van der Waals surface area (Å²) >= 11 is 6.03. The minimum absolute atomic E-state index is 0.0463. The molecule has 1 spiro atoms. The summed E-state index contributed by atoms with van der Waals surface area (Å²) in [5.74, 6) is -0.187. The van der Waals surface area contributed by atoms with E-state index in [-0.39, 0.29) is 24.3 Å². The highest BCUT2D eigenvalue weighted by molar-refractivity contribution is 6.31. The molecule has 0 atom stereocenters. The zero-order valence-corrected chi connectivity index (χ0v) is 19.2. The smallest absolute Gasteiger partial charge is 0.253 e. The standard InChI is InChI=1S/C25H27ClN4O3/c26-19-7-5-6-18(16-19)23(32)29-14-12-28(13-15-29)17-22(31)30-21-9-2-1-8-20(21)27-24(33)25(30)10-3-4-11-25/h1-2,5-9,16H,3-4,10-15,17H2,(H,27,33). The summed E-state index contributed by atoms with van der Waals surface area (Å²) < 4.78 is 0. The highest BCUT2D eigenvalue weighted by Crippen LogP contribution is 2.45. The Balaban J connectivity index is 1.29. The van der Waals surface area contributed by atoms with Gasteiger partial charge in [0.25, 0.3) is 11.8 Å². The highest BCUT2D eigenvalue weighted by Gasteiger charge is 2.52. The van der Waals surface area contributed by atoms with Gasteiger partial charge in [-0.3, -0.25) is 24.2 Å². The molecule has 2 heterocycles. The third-order valence-corrected chi connectivity index (χ3v) is 7.25. The molecular weight excluding hydrogens is 440 g/mol. The molecule has 7 nitrogen and oxygen atoms in total. The van der Waals surface area contributed by atoms with Crippen LogP contribution in [0.3, 0.4) is 0 Å². The van der Waals surface area contributed by atoms with Gasteiger partial charge in [0, 0.05) is 36.8 Å². The first kappa shape index (κ1) is 21.9. The van der Waals surface area contributed by atoms with Crippen LogP contribution in [-0.2, 0) is 9.59 Å². The average Bonchev–Trinajstić information content (AvgIpc) is 3.30. The zero-order valence-electron chi connectivity index (χ0n) is 18.4. The van der Waals surface area contributed by atoms with E-state index in [2.05, 4.69) is 10.2 Å². The van der Waals surface area contributed by atoms with Crippen molar-refractivity contribution in [1.82, 2.24) is 9.80 Å². The molecule has 0 radical (unpaired) electrons. The van der Waals surface area contributed by atoms with Gasteiger partial charge in [-0.1, -0.05) is 42.6 Å².